The lowest BCUT2D eigenvalue weighted by Crippen LogP contribution is -2.57. The molecule has 0 bridgehead atoms. The fourth-order valence-electron chi connectivity index (χ4n) is 5.31. The number of nitrogens with zero attached hydrogens (tertiary/aromatic N) is 5. The number of amides is 2. The van der Waals surface area contributed by atoms with Gasteiger partial charge in [-0.2, -0.15) is 4.31 Å². The number of aliphatic hydroxyl groups is 2. The van der Waals surface area contributed by atoms with Crippen molar-refractivity contribution in [2.75, 3.05) is 59.5 Å². The van der Waals surface area contributed by atoms with E-state index in [4.69, 9.17) is 11.6 Å². The van der Waals surface area contributed by atoms with Gasteiger partial charge in [-0.1, -0.05) is 11.6 Å². The molecule has 3 N–H and O–H groups in total. The first-order valence-electron chi connectivity index (χ1n) is 13.4. The van der Waals surface area contributed by atoms with Gasteiger partial charge in [-0.15, -0.1) is 11.3 Å². The van der Waals surface area contributed by atoms with Crippen molar-refractivity contribution in [2.45, 2.75) is 30.5 Å². The third kappa shape index (κ3) is 6.28. The van der Waals surface area contributed by atoms with Crippen molar-refractivity contribution in [3.63, 3.8) is 0 Å². The number of halogens is 1. The summed E-state index contributed by atoms with van der Waals surface area (Å²) in [5, 5.41) is 20.3. The second-order valence-corrected chi connectivity index (χ2v) is 13.7. The number of rotatable bonds is 9. The summed E-state index contributed by atoms with van der Waals surface area (Å²) in [6, 6.07) is 5.79. The Labute approximate surface area is 247 Å². The number of carbonyl (C=O) groups excluding carboxylic acids is 2. The number of carbonyl (C=O) groups is 2. The molecule has 2 aromatic heterocycles. The number of piperazine rings is 1. The number of nitrogens with one attached hydrogen (secondary N) is 1. The van der Waals surface area contributed by atoms with Crippen molar-refractivity contribution >= 4 is 55.7 Å². The van der Waals surface area contributed by atoms with Crippen LogP contribution in [0.5, 0.6) is 0 Å². The van der Waals surface area contributed by atoms with Gasteiger partial charge in [0.15, 0.2) is 5.01 Å². The Morgan fingerprint density at radius 1 is 1.17 bits per heavy atom. The van der Waals surface area contributed by atoms with Crippen LogP contribution in [0.4, 0.5) is 0 Å². The summed E-state index contributed by atoms with van der Waals surface area (Å²) in [6.07, 6.45) is 0.574. The lowest BCUT2D eigenvalue weighted by molar-refractivity contribution is -0.133. The van der Waals surface area contributed by atoms with Gasteiger partial charge in [-0.05, 0) is 31.3 Å². The molecule has 222 valence electrons. The van der Waals surface area contributed by atoms with Gasteiger partial charge < -0.3 is 29.9 Å². The molecule has 4 heterocycles. The second-order valence-electron chi connectivity index (χ2n) is 10.3. The van der Waals surface area contributed by atoms with E-state index >= 15 is 0 Å². The summed E-state index contributed by atoms with van der Waals surface area (Å²) in [5.41, 5.74) is 1.52. The minimum atomic E-state index is -3.99. The van der Waals surface area contributed by atoms with Crippen LogP contribution in [-0.4, -0.2) is 125 Å². The number of aliphatic hydroxyl groups excluding tert-OH is 2. The molecule has 12 nitrogen and oxygen atoms in total. The molecule has 2 aliphatic rings. The number of hydrogen-bond acceptors (Lipinski definition) is 9. The molecule has 0 spiro atoms. The highest BCUT2D eigenvalue weighted by atomic mass is 35.5. The zero-order valence-electron chi connectivity index (χ0n) is 22.6. The number of thiazole rings is 1. The maximum atomic E-state index is 13.8. The highest BCUT2D eigenvalue weighted by molar-refractivity contribution is 7.89. The Hall–Kier alpha value is -2.59. The number of sulfonamides is 1. The van der Waals surface area contributed by atoms with E-state index in [0.717, 1.165) is 23.5 Å². The average Bonchev–Trinajstić information content (AvgIpc) is 3.56. The number of aromatic amines is 1. The SMILES string of the molecule is CN1CCc2nc(C(=O)N3CCN(S(=O)(=O)c4cc5cc(Cl)ccc5[nH]4)CC3CC(=O)N(CCO)CCO)sc2C1. The molecule has 0 radical (unpaired) electrons. The topological polar surface area (TPSA) is 150 Å². The lowest BCUT2D eigenvalue weighted by atomic mass is 10.1. The Kier molecular flexibility index (Phi) is 8.99. The summed E-state index contributed by atoms with van der Waals surface area (Å²) in [4.78, 5) is 40.6. The normalized spacial score (nSPS) is 18.5. The smallest absolute Gasteiger partial charge is 0.283 e. The highest BCUT2D eigenvalue weighted by Crippen LogP contribution is 2.29. The van der Waals surface area contributed by atoms with E-state index in [1.54, 1.807) is 23.1 Å². The first kappa shape index (κ1) is 29.9. The van der Waals surface area contributed by atoms with Crippen molar-refractivity contribution < 1.29 is 28.2 Å². The molecule has 41 heavy (non-hydrogen) atoms. The van der Waals surface area contributed by atoms with Crippen LogP contribution in [0.15, 0.2) is 29.3 Å². The summed E-state index contributed by atoms with van der Waals surface area (Å²) >= 11 is 7.42. The molecule has 2 amide bonds. The van der Waals surface area contributed by atoms with E-state index in [1.165, 1.54) is 26.6 Å². The highest BCUT2D eigenvalue weighted by Gasteiger charge is 2.40. The van der Waals surface area contributed by atoms with Crippen LogP contribution in [0.1, 0.15) is 26.8 Å². The summed E-state index contributed by atoms with van der Waals surface area (Å²) in [6.45, 7) is 1.04. The second kappa shape index (κ2) is 12.3. The van der Waals surface area contributed by atoms with Crippen LogP contribution in [0.3, 0.4) is 0 Å². The van der Waals surface area contributed by atoms with Crippen LogP contribution in [0.25, 0.3) is 10.9 Å². The van der Waals surface area contributed by atoms with E-state index in [0.29, 0.717) is 27.5 Å². The molecule has 3 aromatic rings. The van der Waals surface area contributed by atoms with E-state index in [9.17, 15) is 28.2 Å². The fourth-order valence-corrected chi connectivity index (χ4v) is 8.12. The van der Waals surface area contributed by atoms with Crippen LogP contribution >= 0.6 is 22.9 Å². The molecule has 15 heteroatoms. The van der Waals surface area contributed by atoms with E-state index in [-0.39, 0.29) is 63.3 Å². The van der Waals surface area contributed by atoms with Gasteiger partial charge in [0.25, 0.3) is 15.9 Å². The minimum Gasteiger partial charge on any atom is -0.395 e. The van der Waals surface area contributed by atoms with Gasteiger partial charge in [0, 0.05) is 79.5 Å². The quantitative estimate of drug-likeness (QED) is 0.319. The molecule has 1 unspecified atom stereocenters. The molecule has 1 aromatic carbocycles. The van der Waals surface area contributed by atoms with E-state index in [1.807, 2.05) is 7.05 Å². The summed E-state index contributed by atoms with van der Waals surface area (Å²) < 4.78 is 28.7. The Balaban J connectivity index is 1.42. The van der Waals surface area contributed by atoms with Crippen LogP contribution < -0.4 is 0 Å². The van der Waals surface area contributed by atoms with Gasteiger partial charge >= 0.3 is 0 Å². The van der Waals surface area contributed by atoms with Gasteiger partial charge in [0.2, 0.25) is 5.91 Å². The molecule has 2 aliphatic heterocycles. The van der Waals surface area contributed by atoms with Crippen molar-refractivity contribution in [1.82, 2.24) is 29.0 Å². The van der Waals surface area contributed by atoms with Gasteiger partial charge in [-0.3, -0.25) is 9.59 Å². The number of benzene rings is 1. The van der Waals surface area contributed by atoms with Crippen molar-refractivity contribution in [2.24, 2.45) is 0 Å². The zero-order valence-corrected chi connectivity index (χ0v) is 25.0. The monoisotopic (exact) mass is 624 g/mol. The molecule has 0 aliphatic carbocycles. The lowest BCUT2D eigenvalue weighted by Gasteiger charge is -2.40. The van der Waals surface area contributed by atoms with E-state index in [2.05, 4.69) is 14.9 Å². The summed E-state index contributed by atoms with van der Waals surface area (Å²) in [7, 11) is -1.98. The van der Waals surface area contributed by atoms with Gasteiger partial charge in [0.1, 0.15) is 5.03 Å². The molecule has 5 rings (SSSR count). The van der Waals surface area contributed by atoms with Crippen LogP contribution in [0, 0.1) is 0 Å². The van der Waals surface area contributed by atoms with E-state index < -0.39 is 22.0 Å². The largest absolute Gasteiger partial charge is 0.395 e. The first-order chi connectivity index (χ1) is 19.6. The number of likely N-dealkylation sites (N-methyl/N-ethyl adjacent to an activating group) is 1. The molecule has 1 fully saturated rings. The maximum absolute atomic E-state index is 13.8. The number of aromatic nitrogens is 2. The Morgan fingerprint density at radius 2 is 1.93 bits per heavy atom. The molecular weight excluding hydrogens is 592 g/mol. The van der Waals surface area contributed by atoms with Crippen molar-refractivity contribution in [1.29, 1.82) is 0 Å². The predicted molar refractivity (Wildman–Crippen MR) is 154 cm³/mol. The van der Waals surface area contributed by atoms with Crippen LogP contribution in [0.2, 0.25) is 5.02 Å². The van der Waals surface area contributed by atoms with Crippen molar-refractivity contribution in [3.05, 3.63) is 44.9 Å². The third-order valence-electron chi connectivity index (χ3n) is 7.49. The molecule has 1 saturated heterocycles. The molecule has 1 atom stereocenters. The molecule has 0 saturated carbocycles. The number of H-pyrrole nitrogens is 1. The third-order valence-corrected chi connectivity index (χ3v) is 10.6. The number of fused-ring (bicyclic) bond motifs is 2. The standard InChI is InChI=1S/C26H33ClN6O6S2/c1-30-5-4-21-22(16-30)40-25(29-21)26(37)33-7-6-32(15-19(33)14-24(36)31(8-10-34)9-11-35)41(38,39)23-13-17-12-18(27)2-3-20(17)28-23/h2-3,12-13,19,28,34-35H,4-11,14-16H2,1H3. The maximum Gasteiger partial charge on any atom is 0.283 e. The van der Waals surface area contributed by atoms with Gasteiger partial charge in [-0.25, -0.2) is 13.4 Å². The Bertz CT molecular complexity index is 1540. The zero-order chi connectivity index (χ0) is 29.3. The Morgan fingerprint density at radius 3 is 2.66 bits per heavy atom. The average molecular weight is 625 g/mol. The fraction of sp³-hybridized carbons (Fsp3) is 0.500. The van der Waals surface area contributed by atoms with Crippen LogP contribution in [-0.2, 0) is 27.8 Å². The van der Waals surface area contributed by atoms with Gasteiger partial charge in [0.05, 0.1) is 24.9 Å². The number of hydrogen-bond donors (Lipinski definition) is 3. The first-order valence-corrected chi connectivity index (χ1v) is 16.0. The molecular formula is C26H33ClN6O6S2. The summed E-state index contributed by atoms with van der Waals surface area (Å²) in [5.74, 6) is -0.728. The van der Waals surface area contributed by atoms with Crippen molar-refractivity contribution in [3.8, 4) is 0 Å². The minimum absolute atomic E-state index is 0.00137. The predicted octanol–water partition coefficient (Wildman–Crippen LogP) is 0.984.